The number of carbonyl (C=O) groups excluding carboxylic acids is 1. The van der Waals surface area contributed by atoms with E-state index in [0.29, 0.717) is 43.8 Å². The molecule has 2 aliphatic rings. The van der Waals surface area contributed by atoms with Gasteiger partial charge in [0.25, 0.3) is 11.5 Å². The third-order valence-corrected chi connectivity index (χ3v) is 5.62. The summed E-state index contributed by atoms with van der Waals surface area (Å²) in [6.45, 7) is 2.38. The monoisotopic (exact) mass is 406 g/mol. The first-order valence-corrected chi connectivity index (χ1v) is 10.1. The van der Waals surface area contributed by atoms with Gasteiger partial charge in [-0.1, -0.05) is 5.16 Å². The number of hydrogen-bond donors (Lipinski definition) is 0. The summed E-state index contributed by atoms with van der Waals surface area (Å²) in [7, 11) is 1.65. The Morgan fingerprint density at radius 2 is 1.93 bits per heavy atom. The van der Waals surface area contributed by atoms with Crippen LogP contribution in [0.4, 0.5) is 5.82 Å². The number of hydrogen-bond acceptors (Lipinski definition) is 7. The highest BCUT2D eigenvalue weighted by Crippen LogP contribution is 2.39. The molecule has 1 amide bonds. The van der Waals surface area contributed by atoms with Gasteiger partial charge in [0.05, 0.1) is 0 Å². The standard InChI is InChI=1S/C21H22N6O3/c1-25-8-2-3-16(20(25)28)21(29)27-11-9-26(10-12-27)17-7-6-15(13-22-17)18-23-19(30-24-18)14-4-5-14/h2-3,6-8,13-14H,4-5,9-12H2,1H3. The summed E-state index contributed by atoms with van der Waals surface area (Å²) in [6, 6.07) is 7.18. The lowest BCUT2D eigenvalue weighted by Gasteiger charge is -2.35. The maximum atomic E-state index is 12.7. The molecular formula is C21H22N6O3. The van der Waals surface area contributed by atoms with E-state index in [9.17, 15) is 9.59 Å². The predicted octanol–water partition coefficient (Wildman–Crippen LogP) is 1.67. The summed E-state index contributed by atoms with van der Waals surface area (Å²) in [4.78, 5) is 37.8. The fraction of sp³-hybridized carbons (Fsp3) is 0.381. The number of piperazine rings is 1. The van der Waals surface area contributed by atoms with Crippen molar-refractivity contribution in [2.24, 2.45) is 7.05 Å². The summed E-state index contributed by atoms with van der Waals surface area (Å²) in [6.07, 6.45) is 5.63. The molecule has 0 N–H and O–H groups in total. The highest BCUT2D eigenvalue weighted by molar-refractivity contribution is 5.94. The maximum Gasteiger partial charge on any atom is 0.263 e. The Morgan fingerprint density at radius 3 is 2.63 bits per heavy atom. The summed E-state index contributed by atoms with van der Waals surface area (Å²) >= 11 is 0. The van der Waals surface area contributed by atoms with Crippen molar-refractivity contribution in [1.82, 2.24) is 24.6 Å². The molecule has 0 radical (unpaired) electrons. The zero-order valence-corrected chi connectivity index (χ0v) is 16.7. The van der Waals surface area contributed by atoms with Gasteiger partial charge < -0.3 is 18.9 Å². The van der Waals surface area contributed by atoms with Crippen LogP contribution in [-0.2, 0) is 7.05 Å². The molecule has 0 aromatic carbocycles. The summed E-state index contributed by atoms with van der Waals surface area (Å²) in [5, 5.41) is 4.05. The van der Waals surface area contributed by atoms with Crippen LogP contribution < -0.4 is 10.5 Å². The van der Waals surface area contributed by atoms with Gasteiger partial charge in [0.1, 0.15) is 11.4 Å². The van der Waals surface area contributed by atoms with Crippen molar-refractivity contribution in [2.75, 3.05) is 31.1 Å². The molecule has 30 heavy (non-hydrogen) atoms. The molecule has 2 fully saturated rings. The smallest absolute Gasteiger partial charge is 0.263 e. The lowest BCUT2D eigenvalue weighted by Crippen LogP contribution is -2.50. The second-order valence-corrected chi connectivity index (χ2v) is 7.75. The first-order chi connectivity index (χ1) is 14.6. The van der Waals surface area contributed by atoms with Gasteiger partial charge in [0.2, 0.25) is 11.7 Å². The molecule has 1 aliphatic heterocycles. The summed E-state index contributed by atoms with van der Waals surface area (Å²) in [5.41, 5.74) is 0.762. The van der Waals surface area contributed by atoms with Gasteiger partial charge in [-0.15, -0.1) is 0 Å². The molecule has 4 heterocycles. The normalized spacial score (nSPS) is 16.7. The topological polar surface area (TPSA) is 97.4 Å². The third-order valence-electron chi connectivity index (χ3n) is 5.62. The van der Waals surface area contributed by atoms with Crippen LogP contribution >= 0.6 is 0 Å². The quantitative estimate of drug-likeness (QED) is 0.650. The van der Waals surface area contributed by atoms with Gasteiger partial charge in [0, 0.05) is 57.1 Å². The average Bonchev–Trinajstić information content (AvgIpc) is 3.52. The highest BCUT2D eigenvalue weighted by Gasteiger charge is 2.30. The summed E-state index contributed by atoms with van der Waals surface area (Å²) in [5.74, 6) is 2.32. The number of anilines is 1. The fourth-order valence-electron chi connectivity index (χ4n) is 3.62. The lowest BCUT2D eigenvalue weighted by atomic mass is 10.2. The van der Waals surface area contributed by atoms with Gasteiger partial charge in [-0.25, -0.2) is 4.98 Å². The number of rotatable bonds is 4. The van der Waals surface area contributed by atoms with Gasteiger partial charge in [-0.3, -0.25) is 9.59 Å². The summed E-state index contributed by atoms with van der Waals surface area (Å²) < 4.78 is 6.74. The van der Waals surface area contributed by atoms with Crippen LogP contribution in [0.2, 0.25) is 0 Å². The molecule has 0 bridgehead atoms. The molecule has 1 saturated heterocycles. The Balaban J connectivity index is 1.23. The van der Waals surface area contributed by atoms with Crippen molar-refractivity contribution < 1.29 is 9.32 Å². The molecule has 3 aromatic heterocycles. The largest absolute Gasteiger partial charge is 0.353 e. The first-order valence-electron chi connectivity index (χ1n) is 10.1. The Labute approximate surface area is 172 Å². The minimum absolute atomic E-state index is 0.210. The van der Waals surface area contributed by atoms with Crippen LogP contribution in [0.5, 0.6) is 0 Å². The molecule has 0 unspecified atom stereocenters. The van der Waals surface area contributed by atoms with E-state index in [4.69, 9.17) is 4.52 Å². The second-order valence-electron chi connectivity index (χ2n) is 7.75. The van der Waals surface area contributed by atoms with Gasteiger partial charge in [-0.2, -0.15) is 4.98 Å². The third kappa shape index (κ3) is 3.47. The SMILES string of the molecule is Cn1cccc(C(=O)N2CCN(c3ccc(-c4noc(C5CC5)n4)cn3)CC2)c1=O. The van der Waals surface area contributed by atoms with E-state index in [2.05, 4.69) is 20.0 Å². The Hall–Kier alpha value is -3.49. The first kappa shape index (κ1) is 18.5. The van der Waals surface area contributed by atoms with Crippen LogP contribution in [-0.4, -0.2) is 56.7 Å². The zero-order valence-electron chi connectivity index (χ0n) is 16.7. The predicted molar refractivity (Wildman–Crippen MR) is 109 cm³/mol. The zero-order chi connectivity index (χ0) is 20.7. The molecule has 9 nitrogen and oxygen atoms in total. The van der Waals surface area contributed by atoms with Crippen molar-refractivity contribution in [3.05, 3.63) is 58.5 Å². The van der Waals surface area contributed by atoms with E-state index >= 15 is 0 Å². The molecule has 154 valence electrons. The van der Waals surface area contributed by atoms with Gasteiger partial charge in [0.15, 0.2) is 0 Å². The minimum atomic E-state index is -0.270. The van der Waals surface area contributed by atoms with Crippen LogP contribution in [0.25, 0.3) is 11.4 Å². The Kier molecular flexibility index (Phi) is 4.57. The Bertz CT molecular complexity index is 1120. The van der Waals surface area contributed by atoms with E-state index in [-0.39, 0.29) is 17.0 Å². The number of nitrogens with zero attached hydrogens (tertiary/aromatic N) is 6. The van der Waals surface area contributed by atoms with Crippen LogP contribution in [0.1, 0.15) is 35.0 Å². The van der Waals surface area contributed by atoms with E-state index < -0.39 is 0 Å². The molecule has 5 rings (SSSR count). The highest BCUT2D eigenvalue weighted by atomic mass is 16.5. The van der Waals surface area contributed by atoms with Crippen molar-refractivity contribution >= 4 is 11.7 Å². The van der Waals surface area contributed by atoms with E-state index in [0.717, 1.165) is 24.2 Å². The molecule has 0 spiro atoms. The number of aromatic nitrogens is 4. The number of aryl methyl sites for hydroxylation is 1. The lowest BCUT2D eigenvalue weighted by molar-refractivity contribution is 0.0744. The molecule has 1 aliphatic carbocycles. The van der Waals surface area contributed by atoms with E-state index in [1.165, 1.54) is 4.57 Å². The van der Waals surface area contributed by atoms with E-state index in [1.807, 2.05) is 12.1 Å². The number of carbonyl (C=O) groups is 1. The van der Waals surface area contributed by atoms with Crippen LogP contribution in [0.3, 0.4) is 0 Å². The van der Waals surface area contributed by atoms with Crippen LogP contribution in [0, 0.1) is 0 Å². The second kappa shape index (κ2) is 7.40. The minimum Gasteiger partial charge on any atom is -0.353 e. The molecule has 0 atom stereocenters. The van der Waals surface area contributed by atoms with Gasteiger partial charge >= 0.3 is 0 Å². The molecule has 1 saturated carbocycles. The van der Waals surface area contributed by atoms with Crippen molar-refractivity contribution in [1.29, 1.82) is 0 Å². The van der Waals surface area contributed by atoms with Crippen LogP contribution in [0.15, 0.2) is 46.0 Å². The maximum absolute atomic E-state index is 12.7. The Morgan fingerprint density at radius 1 is 1.13 bits per heavy atom. The average molecular weight is 406 g/mol. The fourth-order valence-corrected chi connectivity index (χ4v) is 3.62. The van der Waals surface area contributed by atoms with Crippen molar-refractivity contribution in [2.45, 2.75) is 18.8 Å². The number of pyridine rings is 2. The molecule has 9 heteroatoms. The van der Waals surface area contributed by atoms with Crippen molar-refractivity contribution in [3.63, 3.8) is 0 Å². The van der Waals surface area contributed by atoms with E-state index in [1.54, 1.807) is 36.5 Å². The molecular weight excluding hydrogens is 384 g/mol. The van der Waals surface area contributed by atoms with Gasteiger partial charge in [-0.05, 0) is 37.1 Å². The molecule has 3 aromatic rings. The number of amides is 1. The van der Waals surface area contributed by atoms with Crippen molar-refractivity contribution in [3.8, 4) is 11.4 Å².